The first-order valence-electron chi connectivity index (χ1n) is 6.73. The average Bonchev–Trinajstić information content (AvgIpc) is 2.47. The molecule has 0 aliphatic carbocycles. The Bertz CT molecular complexity index is 713. The zero-order valence-electron chi connectivity index (χ0n) is 12.4. The average molecular weight is 301 g/mol. The van der Waals surface area contributed by atoms with Gasteiger partial charge in [-0.2, -0.15) is 0 Å². The van der Waals surface area contributed by atoms with Crippen LogP contribution in [-0.4, -0.2) is 18.8 Å². The van der Waals surface area contributed by atoms with E-state index in [1.807, 2.05) is 0 Å². The Morgan fingerprint density at radius 3 is 2.59 bits per heavy atom. The van der Waals surface area contributed by atoms with E-state index in [1.54, 1.807) is 24.3 Å². The Kier molecular flexibility index (Phi) is 4.88. The molecule has 22 heavy (non-hydrogen) atoms. The number of nitrogens with one attached hydrogen (secondary N) is 1. The van der Waals surface area contributed by atoms with Crippen molar-refractivity contribution in [1.29, 1.82) is 0 Å². The molecule has 5 heteroatoms. The van der Waals surface area contributed by atoms with Crippen molar-refractivity contribution in [1.82, 2.24) is 0 Å². The molecule has 0 saturated carbocycles. The SMILES string of the molecule is COc1ccc(C(C)=O)cc1CC(=O)Nc1cccc(F)c1. The quantitative estimate of drug-likeness (QED) is 0.863. The molecule has 0 fully saturated rings. The predicted molar refractivity (Wildman–Crippen MR) is 81.7 cm³/mol. The number of amides is 1. The van der Waals surface area contributed by atoms with Crippen LogP contribution < -0.4 is 10.1 Å². The van der Waals surface area contributed by atoms with Gasteiger partial charge in [-0.1, -0.05) is 6.07 Å². The van der Waals surface area contributed by atoms with Gasteiger partial charge in [-0.3, -0.25) is 9.59 Å². The van der Waals surface area contributed by atoms with E-state index in [-0.39, 0.29) is 18.1 Å². The summed E-state index contributed by atoms with van der Waals surface area (Å²) < 4.78 is 18.3. The highest BCUT2D eigenvalue weighted by atomic mass is 19.1. The molecule has 1 amide bonds. The lowest BCUT2D eigenvalue weighted by Gasteiger charge is -2.10. The largest absolute Gasteiger partial charge is 0.496 e. The summed E-state index contributed by atoms with van der Waals surface area (Å²) in [7, 11) is 1.50. The molecular weight excluding hydrogens is 285 g/mol. The summed E-state index contributed by atoms with van der Waals surface area (Å²) in [4.78, 5) is 23.5. The third-order valence-corrected chi connectivity index (χ3v) is 3.15. The van der Waals surface area contributed by atoms with Crippen LogP contribution in [0.25, 0.3) is 0 Å². The number of anilines is 1. The van der Waals surface area contributed by atoms with Gasteiger partial charge < -0.3 is 10.1 Å². The van der Waals surface area contributed by atoms with E-state index in [9.17, 15) is 14.0 Å². The summed E-state index contributed by atoms with van der Waals surface area (Å²) in [5.74, 6) is -0.299. The summed E-state index contributed by atoms with van der Waals surface area (Å²) in [6.07, 6.45) is 0.0286. The number of ketones is 1. The molecular formula is C17H16FNO3. The van der Waals surface area contributed by atoms with Crippen molar-refractivity contribution in [2.75, 3.05) is 12.4 Å². The Hall–Kier alpha value is -2.69. The fourth-order valence-electron chi connectivity index (χ4n) is 2.08. The summed E-state index contributed by atoms with van der Waals surface area (Å²) in [6.45, 7) is 1.46. The first-order chi connectivity index (χ1) is 10.5. The van der Waals surface area contributed by atoms with E-state index in [4.69, 9.17) is 4.74 Å². The van der Waals surface area contributed by atoms with Crippen LogP contribution in [0.1, 0.15) is 22.8 Å². The first-order valence-corrected chi connectivity index (χ1v) is 6.73. The Morgan fingerprint density at radius 1 is 1.18 bits per heavy atom. The van der Waals surface area contributed by atoms with E-state index in [1.165, 1.54) is 32.2 Å². The molecule has 0 bridgehead atoms. The zero-order valence-corrected chi connectivity index (χ0v) is 12.4. The number of halogens is 1. The number of hydrogen-bond acceptors (Lipinski definition) is 3. The number of hydrogen-bond donors (Lipinski definition) is 1. The van der Waals surface area contributed by atoms with E-state index >= 15 is 0 Å². The van der Waals surface area contributed by atoms with Gasteiger partial charge in [0.05, 0.1) is 13.5 Å². The highest BCUT2D eigenvalue weighted by Crippen LogP contribution is 2.21. The number of carbonyl (C=O) groups excluding carboxylic acids is 2. The molecule has 1 N–H and O–H groups in total. The van der Waals surface area contributed by atoms with Crippen molar-refractivity contribution in [3.8, 4) is 5.75 Å². The summed E-state index contributed by atoms with van der Waals surface area (Å²) >= 11 is 0. The van der Waals surface area contributed by atoms with Gasteiger partial charge in [0.2, 0.25) is 5.91 Å². The standard InChI is InChI=1S/C17H16FNO3/c1-11(20)12-6-7-16(22-2)13(8-12)9-17(21)19-15-5-3-4-14(18)10-15/h3-8,10H,9H2,1-2H3,(H,19,21). The molecule has 0 saturated heterocycles. The molecule has 4 nitrogen and oxygen atoms in total. The van der Waals surface area contributed by atoms with Gasteiger partial charge in [-0.15, -0.1) is 0 Å². The molecule has 0 heterocycles. The second kappa shape index (κ2) is 6.85. The molecule has 0 unspecified atom stereocenters. The van der Waals surface area contributed by atoms with Crippen molar-refractivity contribution >= 4 is 17.4 Å². The van der Waals surface area contributed by atoms with Crippen LogP contribution in [0, 0.1) is 5.82 Å². The van der Waals surface area contributed by atoms with Crippen LogP contribution in [0.4, 0.5) is 10.1 Å². The van der Waals surface area contributed by atoms with Gasteiger partial charge in [0.25, 0.3) is 0 Å². The minimum atomic E-state index is -0.422. The Balaban J connectivity index is 2.16. The second-order valence-corrected chi connectivity index (χ2v) is 4.82. The van der Waals surface area contributed by atoms with Crippen molar-refractivity contribution < 1.29 is 18.7 Å². The van der Waals surface area contributed by atoms with Crippen molar-refractivity contribution in [2.45, 2.75) is 13.3 Å². The highest BCUT2D eigenvalue weighted by Gasteiger charge is 2.12. The van der Waals surface area contributed by atoms with Crippen LogP contribution in [0.3, 0.4) is 0 Å². The maximum absolute atomic E-state index is 13.1. The van der Waals surface area contributed by atoms with Gasteiger partial charge >= 0.3 is 0 Å². The van der Waals surface area contributed by atoms with Gasteiger partial charge in [0.15, 0.2) is 5.78 Å². The molecule has 0 radical (unpaired) electrons. The van der Waals surface area contributed by atoms with Crippen LogP contribution in [-0.2, 0) is 11.2 Å². The van der Waals surface area contributed by atoms with E-state index in [0.29, 0.717) is 22.6 Å². The minimum absolute atomic E-state index is 0.0286. The molecule has 2 aromatic rings. The number of methoxy groups -OCH3 is 1. The molecule has 2 rings (SSSR count). The van der Waals surface area contributed by atoms with Gasteiger partial charge in [-0.25, -0.2) is 4.39 Å². The lowest BCUT2D eigenvalue weighted by Crippen LogP contribution is -2.15. The van der Waals surface area contributed by atoms with Gasteiger partial charge in [0.1, 0.15) is 11.6 Å². The van der Waals surface area contributed by atoms with E-state index in [2.05, 4.69) is 5.32 Å². The van der Waals surface area contributed by atoms with Crippen molar-refractivity contribution in [3.05, 3.63) is 59.4 Å². The molecule has 114 valence electrons. The maximum atomic E-state index is 13.1. The summed E-state index contributed by atoms with van der Waals surface area (Å²) in [5.41, 5.74) is 1.49. The topological polar surface area (TPSA) is 55.4 Å². The van der Waals surface area contributed by atoms with Crippen molar-refractivity contribution in [3.63, 3.8) is 0 Å². The van der Waals surface area contributed by atoms with Crippen LogP contribution in [0.15, 0.2) is 42.5 Å². The Morgan fingerprint density at radius 2 is 1.95 bits per heavy atom. The fraction of sp³-hybridized carbons (Fsp3) is 0.176. The first kappa shape index (κ1) is 15.7. The summed E-state index contributed by atoms with van der Waals surface area (Å²) in [6, 6.07) is 10.6. The molecule has 0 atom stereocenters. The van der Waals surface area contributed by atoms with E-state index in [0.717, 1.165) is 0 Å². The smallest absolute Gasteiger partial charge is 0.228 e. The molecule has 0 aliphatic rings. The second-order valence-electron chi connectivity index (χ2n) is 4.82. The number of Topliss-reactive ketones (excluding diaryl/α,β-unsaturated/α-hetero) is 1. The number of rotatable bonds is 5. The number of carbonyl (C=O) groups is 2. The van der Waals surface area contributed by atoms with Crippen molar-refractivity contribution in [2.24, 2.45) is 0 Å². The third kappa shape index (κ3) is 3.91. The highest BCUT2D eigenvalue weighted by molar-refractivity contribution is 5.96. The number of ether oxygens (including phenoxy) is 1. The zero-order chi connectivity index (χ0) is 16.1. The van der Waals surface area contributed by atoms with Crippen LogP contribution in [0.2, 0.25) is 0 Å². The normalized spacial score (nSPS) is 10.1. The minimum Gasteiger partial charge on any atom is -0.496 e. The van der Waals surface area contributed by atoms with Gasteiger partial charge in [-0.05, 0) is 43.3 Å². The molecule has 0 aromatic heterocycles. The van der Waals surface area contributed by atoms with Crippen LogP contribution >= 0.6 is 0 Å². The van der Waals surface area contributed by atoms with E-state index < -0.39 is 5.82 Å². The monoisotopic (exact) mass is 301 g/mol. The predicted octanol–water partition coefficient (Wildman–Crippen LogP) is 3.22. The molecule has 0 spiro atoms. The lowest BCUT2D eigenvalue weighted by molar-refractivity contribution is -0.115. The Labute approximate surface area is 127 Å². The van der Waals surface area contributed by atoms with Crippen LogP contribution in [0.5, 0.6) is 5.75 Å². The lowest BCUT2D eigenvalue weighted by atomic mass is 10.0. The summed E-state index contributed by atoms with van der Waals surface area (Å²) in [5, 5.41) is 2.61. The fourth-order valence-corrected chi connectivity index (χ4v) is 2.08. The third-order valence-electron chi connectivity index (χ3n) is 3.15. The maximum Gasteiger partial charge on any atom is 0.228 e. The molecule has 0 aliphatic heterocycles. The van der Waals surface area contributed by atoms with Gasteiger partial charge in [0, 0.05) is 16.8 Å². The molecule has 2 aromatic carbocycles. The number of benzene rings is 2.